The van der Waals surface area contributed by atoms with Gasteiger partial charge in [-0.2, -0.15) is 0 Å². The van der Waals surface area contributed by atoms with E-state index in [0.717, 1.165) is 19.6 Å². The summed E-state index contributed by atoms with van der Waals surface area (Å²) in [5.74, 6) is -0.505. The molecule has 1 aliphatic heterocycles. The van der Waals surface area contributed by atoms with Gasteiger partial charge in [0.15, 0.2) is 0 Å². The molecule has 0 amide bonds. The summed E-state index contributed by atoms with van der Waals surface area (Å²) < 4.78 is 13.7. The Kier molecular flexibility index (Phi) is 3.88. The molecule has 0 saturated carbocycles. The first-order chi connectivity index (χ1) is 8.59. The van der Waals surface area contributed by atoms with Crippen molar-refractivity contribution in [3.8, 4) is 0 Å². The summed E-state index contributed by atoms with van der Waals surface area (Å²) in [5, 5.41) is 14.1. The second-order valence-corrected chi connectivity index (χ2v) is 4.52. The third-order valence-corrected chi connectivity index (χ3v) is 3.29. The highest BCUT2D eigenvalue weighted by Crippen LogP contribution is 2.23. The molecule has 0 bridgehead atoms. The van der Waals surface area contributed by atoms with Crippen LogP contribution in [0.1, 0.15) is 12.5 Å². The van der Waals surface area contributed by atoms with Crippen molar-refractivity contribution in [1.29, 1.82) is 0 Å². The van der Waals surface area contributed by atoms with Crippen LogP contribution < -0.4 is 5.32 Å². The van der Waals surface area contributed by atoms with Crippen LogP contribution in [0.5, 0.6) is 0 Å². The van der Waals surface area contributed by atoms with E-state index in [2.05, 4.69) is 10.2 Å². The van der Waals surface area contributed by atoms with Gasteiger partial charge in [0.1, 0.15) is 5.82 Å². The monoisotopic (exact) mass is 253 g/mol. The predicted molar refractivity (Wildman–Crippen MR) is 65.8 cm³/mol. The summed E-state index contributed by atoms with van der Waals surface area (Å²) in [6.07, 6.45) is 0. The Labute approximate surface area is 105 Å². The normalized spacial score (nSPS) is 20.9. The summed E-state index contributed by atoms with van der Waals surface area (Å²) in [6, 6.07) is 4.25. The van der Waals surface area contributed by atoms with E-state index in [1.54, 1.807) is 0 Å². The van der Waals surface area contributed by atoms with Gasteiger partial charge < -0.3 is 5.32 Å². The fourth-order valence-corrected chi connectivity index (χ4v) is 2.20. The first kappa shape index (κ1) is 12.9. The van der Waals surface area contributed by atoms with E-state index in [9.17, 15) is 14.5 Å². The second kappa shape index (κ2) is 5.41. The molecule has 1 heterocycles. The van der Waals surface area contributed by atoms with Crippen molar-refractivity contribution in [1.82, 2.24) is 10.2 Å². The van der Waals surface area contributed by atoms with E-state index in [4.69, 9.17) is 0 Å². The molecular formula is C12H16FN3O2. The van der Waals surface area contributed by atoms with Crippen LogP contribution in [0.3, 0.4) is 0 Å². The number of piperazine rings is 1. The molecule has 18 heavy (non-hydrogen) atoms. The molecule has 6 heteroatoms. The highest BCUT2D eigenvalue weighted by molar-refractivity contribution is 5.40. The third kappa shape index (κ3) is 2.65. The molecule has 1 atom stereocenters. The van der Waals surface area contributed by atoms with Gasteiger partial charge in [0.25, 0.3) is 5.69 Å². The van der Waals surface area contributed by atoms with Gasteiger partial charge in [-0.3, -0.25) is 15.0 Å². The topological polar surface area (TPSA) is 58.4 Å². The van der Waals surface area contributed by atoms with Gasteiger partial charge in [0, 0.05) is 38.3 Å². The van der Waals surface area contributed by atoms with Crippen molar-refractivity contribution in [2.45, 2.75) is 19.5 Å². The third-order valence-electron chi connectivity index (χ3n) is 3.29. The molecule has 0 unspecified atom stereocenters. The molecule has 2 rings (SSSR count). The van der Waals surface area contributed by atoms with Gasteiger partial charge in [-0.1, -0.05) is 6.07 Å². The summed E-state index contributed by atoms with van der Waals surface area (Å²) in [4.78, 5) is 12.4. The van der Waals surface area contributed by atoms with E-state index >= 15 is 0 Å². The first-order valence-corrected chi connectivity index (χ1v) is 5.96. The first-order valence-electron chi connectivity index (χ1n) is 5.96. The number of nitrogens with zero attached hydrogens (tertiary/aromatic N) is 2. The van der Waals surface area contributed by atoms with Gasteiger partial charge in [0.2, 0.25) is 0 Å². The van der Waals surface area contributed by atoms with E-state index in [-0.39, 0.29) is 23.8 Å². The molecule has 1 aromatic rings. The minimum atomic E-state index is -0.523. The van der Waals surface area contributed by atoms with Crippen LogP contribution >= 0.6 is 0 Å². The number of halogens is 1. The van der Waals surface area contributed by atoms with Gasteiger partial charge in [-0.25, -0.2) is 4.39 Å². The minimum Gasteiger partial charge on any atom is -0.314 e. The van der Waals surface area contributed by atoms with Crippen molar-refractivity contribution in [2.75, 3.05) is 19.6 Å². The van der Waals surface area contributed by atoms with E-state index < -0.39 is 10.7 Å². The van der Waals surface area contributed by atoms with Crippen LogP contribution in [0, 0.1) is 15.9 Å². The minimum absolute atomic E-state index is 0.138. The molecule has 1 aliphatic rings. The summed E-state index contributed by atoms with van der Waals surface area (Å²) >= 11 is 0. The lowest BCUT2D eigenvalue weighted by atomic mass is 10.1. The zero-order valence-corrected chi connectivity index (χ0v) is 10.2. The Morgan fingerprint density at radius 3 is 3.06 bits per heavy atom. The molecule has 0 spiro atoms. The van der Waals surface area contributed by atoms with Gasteiger partial charge in [0.05, 0.1) is 10.5 Å². The van der Waals surface area contributed by atoms with Crippen LogP contribution in [0.4, 0.5) is 10.1 Å². The highest BCUT2D eigenvalue weighted by Gasteiger charge is 2.24. The second-order valence-electron chi connectivity index (χ2n) is 4.52. The van der Waals surface area contributed by atoms with E-state index in [0.29, 0.717) is 0 Å². The standard InChI is InChI=1S/C12H16FN3O2/c1-9-7-14-5-6-15(9)8-10-11(13)3-2-4-12(10)16(17)18/h2-4,9,14H,5-8H2,1H3/t9-/m0/s1. The molecule has 1 N–H and O–H groups in total. The van der Waals surface area contributed by atoms with Gasteiger partial charge >= 0.3 is 0 Å². The summed E-state index contributed by atoms with van der Waals surface area (Å²) in [7, 11) is 0. The smallest absolute Gasteiger partial charge is 0.276 e. The number of hydrogen-bond donors (Lipinski definition) is 1. The largest absolute Gasteiger partial charge is 0.314 e. The molecule has 1 fully saturated rings. The summed E-state index contributed by atoms with van der Waals surface area (Å²) in [6.45, 7) is 4.73. The zero-order chi connectivity index (χ0) is 13.1. The average Bonchev–Trinajstić information content (AvgIpc) is 2.34. The van der Waals surface area contributed by atoms with Gasteiger partial charge in [-0.05, 0) is 13.0 Å². The fraction of sp³-hybridized carbons (Fsp3) is 0.500. The quantitative estimate of drug-likeness (QED) is 0.655. The van der Waals surface area contributed by atoms with Crippen molar-refractivity contribution in [3.63, 3.8) is 0 Å². The highest BCUT2D eigenvalue weighted by atomic mass is 19.1. The molecule has 1 saturated heterocycles. The predicted octanol–water partition coefficient (Wildman–Crippen LogP) is 1.53. The van der Waals surface area contributed by atoms with Crippen molar-refractivity contribution in [3.05, 3.63) is 39.7 Å². The molecular weight excluding hydrogens is 237 g/mol. The lowest BCUT2D eigenvalue weighted by Gasteiger charge is -2.33. The van der Waals surface area contributed by atoms with Gasteiger partial charge in [-0.15, -0.1) is 0 Å². The maximum absolute atomic E-state index is 13.7. The zero-order valence-electron chi connectivity index (χ0n) is 10.2. The Balaban J connectivity index is 2.24. The van der Waals surface area contributed by atoms with E-state index in [1.807, 2.05) is 6.92 Å². The van der Waals surface area contributed by atoms with Crippen LogP contribution in [-0.2, 0) is 6.54 Å². The number of nitro groups is 1. The fourth-order valence-electron chi connectivity index (χ4n) is 2.20. The number of hydrogen-bond acceptors (Lipinski definition) is 4. The maximum atomic E-state index is 13.7. The van der Waals surface area contributed by atoms with Crippen LogP contribution in [0.25, 0.3) is 0 Å². The molecule has 98 valence electrons. The van der Waals surface area contributed by atoms with Crippen molar-refractivity contribution >= 4 is 5.69 Å². The number of nitro benzene ring substituents is 1. The lowest BCUT2D eigenvalue weighted by Crippen LogP contribution is -2.49. The molecule has 0 radical (unpaired) electrons. The van der Waals surface area contributed by atoms with Crippen molar-refractivity contribution < 1.29 is 9.31 Å². The van der Waals surface area contributed by atoms with Crippen molar-refractivity contribution in [2.24, 2.45) is 0 Å². The Bertz CT molecular complexity index is 453. The number of nitrogens with one attached hydrogen (secondary N) is 1. The average molecular weight is 253 g/mol. The molecule has 1 aromatic carbocycles. The number of rotatable bonds is 3. The molecule has 0 aromatic heterocycles. The lowest BCUT2D eigenvalue weighted by molar-refractivity contribution is -0.386. The number of benzene rings is 1. The molecule has 5 nitrogen and oxygen atoms in total. The van der Waals surface area contributed by atoms with Crippen LogP contribution in [-0.4, -0.2) is 35.5 Å². The van der Waals surface area contributed by atoms with E-state index in [1.165, 1.54) is 18.2 Å². The molecule has 0 aliphatic carbocycles. The summed E-state index contributed by atoms with van der Waals surface area (Å²) in [5.41, 5.74) is 0.0389. The Morgan fingerprint density at radius 2 is 2.39 bits per heavy atom. The maximum Gasteiger partial charge on any atom is 0.276 e. The Hall–Kier alpha value is -1.53. The van der Waals surface area contributed by atoms with Crippen LogP contribution in [0.15, 0.2) is 18.2 Å². The van der Waals surface area contributed by atoms with Crippen LogP contribution in [0.2, 0.25) is 0 Å². The SMILES string of the molecule is C[C@H]1CNCCN1Cc1c(F)cccc1[N+](=O)[O-]. The Morgan fingerprint density at radius 1 is 1.61 bits per heavy atom.